The number of hydrogen-bond donors (Lipinski definition) is 1. The van der Waals surface area contributed by atoms with Crippen LogP contribution < -0.4 is 0 Å². The molecule has 1 aromatic carbocycles. The van der Waals surface area contributed by atoms with Crippen LogP contribution in [0.4, 0.5) is 0 Å². The number of carboxylic acids is 1. The summed E-state index contributed by atoms with van der Waals surface area (Å²) >= 11 is 0. The van der Waals surface area contributed by atoms with Gasteiger partial charge in [-0.3, -0.25) is 9.59 Å². The monoisotopic (exact) mass is 415 g/mol. The molecular formula is C25H37NO4. The Morgan fingerprint density at radius 1 is 1.30 bits per heavy atom. The maximum atomic E-state index is 12.4. The number of hydrogen-bond acceptors (Lipinski definition) is 3. The van der Waals surface area contributed by atoms with Gasteiger partial charge in [-0.25, -0.2) is 0 Å². The topological polar surface area (TPSA) is 66.8 Å². The molecule has 0 aromatic heterocycles. The van der Waals surface area contributed by atoms with E-state index in [-0.39, 0.29) is 23.8 Å². The second-order valence-corrected chi connectivity index (χ2v) is 9.07. The number of carbonyl (C=O) groups is 2. The van der Waals surface area contributed by atoms with E-state index in [1.165, 1.54) is 11.1 Å². The van der Waals surface area contributed by atoms with Crippen LogP contribution >= 0.6 is 0 Å². The molecule has 166 valence electrons. The van der Waals surface area contributed by atoms with Crippen molar-refractivity contribution in [2.45, 2.75) is 77.9 Å². The molecule has 1 fully saturated rings. The van der Waals surface area contributed by atoms with Crippen LogP contribution in [0.25, 0.3) is 0 Å². The summed E-state index contributed by atoms with van der Waals surface area (Å²) in [5.74, 6) is -0.505. The zero-order chi connectivity index (χ0) is 22.0. The number of likely N-dealkylation sites (tertiary alicyclic amines) is 1. The van der Waals surface area contributed by atoms with Gasteiger partial charge in [-0.2, -0.15) is 0 Å². The lowest BCUT2D eigenvalue weighted by molar-refractivity contribution is -0.137. The Morgan fingerprint density at radius 3 is 2.80 bits per heavy atom. The molecule has 1 atom stereocenters. The van der Waals surface area contributed by atoms with E-state index in [9.17, 15) is 9.59 Å². The molecule has 30 heavy (non-hydrogen) atoms. The number of nitrogens with zero attached hydrogens (tertiary/aromatic N) is 1. The number of allylic oxidation sites excluding steroid dienone is 1. The van der Waals surface area contributed by atoms with Crippen molar-refractivity contribution in [1.82, 2.24) is 4.90 Å². The highest BCUT2D eigenvalue weighted by molar-refractivity contribution is 5.79. The zero-order valence-corrected chi connectivity index (χ0v) is 18.7. The van der Waals surface area contributed by atoms with E-state index in [1.54, 1.807) is 7.11 Å². The van der Waals surface area contributed by atoms with Gasteiger partial charge in [-0.15, -0.1) is 0 Å². The minimum atomic E-state index is -0.740. The predicted octanol–water partition coefficient (Wildman–Crippen LogP) is 4.98. The van der Waals surface area contributed by atoms with Gasteiger partial charge < -0.3 is 14.7 Å². The molecule has 0 unspecified atom stereocenters. The van der Waals surface area contributed by atoms with Crippen molar-refractivity contribution in [3.8, 4) is 0 Å². The lowest BCUT2D eigenvalue weighted by Gasteiger charge is -2.29. The first-order valence-corrected chi connectivity index (χ1v) is 11.1. The molecule has 0 bridgehead atoms. The maximum Gasteiger partial charge on any atom is 0.303 e. The lowest BCUT2D eigenvalue weighted by Crippen LogP contribution is -2.34. The normalized spacial score (nSPS) is 17.2. The van der Waals surface area contributed by atoms with Gasteiger partial charge in [0.1, 0.15) is 0 Å². The van der Waals surface area contributed by atoms with E-state index >= 15 is 0 Å². The Morgan fingerprint density at radius 2 is 2.07 bits per heavy atom. The Labute approximate surface area is 181 Å². The van der Waals surface area contributed by atoms with Crippen LogP contribution in [0.1, 0.15) is 69.9 Å². The van der Waals surface area contributed by atoms with Gasteiger partial charge in [0.15, 0.2) is 0 Å². The van der Waals surface area contributed by atoms with Gasteiger partial charge in [0.05, 0.1) is 12.6 Å². The number of rotatable bonds is 13. The highest BCUT2D eigenvalue weighted by Crippen LogP contribution is 2.30. The maximum absolute atomic E-state index is 12.4. The van der Waals surface area contributed by atoms with Crippen molar-refractivity contribution in [3.63, 3.8) is 0 Å². The Kier molecular flexibility index (Phi) is 9.57. The molecule has 1 saturated heterocycles. The van der Waals surface area contributed by atoms with E-state index in [4.69, 9.17) is 9.84 Å². The van der Waals surface area contributed by atoms with Crippen LogP contribution in [0.15, 0.2) is 36.4 Å². The number of ether oxygens (including phenoxy) is 1. The van der Waals surface area contributed by atoms with Crippen LogP contribution in [0.2, 0.25) is 0 Å². The quantitative estimate of drug-likeness (QED) is 0.461. The lowest BCUT2D eigenvalue weighted by atomic mass is 9.83. The molecule has 1 heterocycles. The third-order valence-corrected chi connectivity index (χ3v) is 5.91. The van der Waals surface area contributed by atoms with Crippen molar-refractivity contribution in [2.75, 3.05) is 13.7 Å². The largest absolute Gasteiger partial charge is 0.481 e. The summed E-state index contributed by atoms with van der Waals surface area (Å²) in [6, 6.07) is 8.67. The molecular weight excluding hydrogens is 378 g/mol. The first kappa shape index (κ1) is 24.1. The highest BCUT2D eigenvalue weighted by atomic mass is 16.5. The SMILES string of the molecule is COCc1cccc(CC/C=C/[C@H]2CCC(=O)N2CCC(C)(C)CCCC(=O)O)c1. The van der Waals surface area contributed by atoms with E-state index < -0.39 is 5.97 Å². The third-order valence-electron chi connectivity index (χ3n) is 5.91. The third kappa shape index (κ3) is 8.31. The summed E-state index contributed by atoms with van der Waals surface area (Å²) < 4.78 is 5.20. The van der Waals surface area contributed by atoms with Crippen molar-refractivity contribution >= 4 is 11.9 Å². The number of methoxy groups -OCH3 is 1. The van der Waals surface area contributed by atoms with Gasteiger partial charge in [-0.1, -0.05) is 50.3 Å². The van der Waals surface area contributed by atoms with Crippen LogP contribution in [-0.2, 0) is 27.4 Å². The Hall–Kier alpha value is -2.14. The van der Waals surface area contributed by atoms with E-state index in [2.05, 4.69) is 50.3 Å². The van der Waals surface area contributed by atoms with E-state index in [0.717, 1.165) is 38.6 Å². The van der Waals surface area contributed by atoms with Gasteiger partial charge in [0.2, 0.25) is 5.91 Å². The second kappa shape index (κ2) is 11.9. The Balaban J connectivity index is 1.81. The molecule has 0 aliphatic carbocycles. The van der Waals surface area contributed by atoms with Crippen LogP contribution in [0.5, 0.6) is 0 Å². The van der Waals surface area contributed by atoms with Gasteiger partial charge in [-0.05, 0) is 55.1 Å². The molecule has 5 heteroatoms. The fourth-order valence-corrected chi connectivity index (χ4v) is 4.06. The molecule has 2 rings (SSSR count). The van der Waals surface area contributed by atoms with Crippen LogP contribution in [-0.4, -0.2) is 41.6 Å². The summed E-state index contributed by atoms with van der Waals surface area (Å²) in [6.45, 7) is 5.71. The van der Waals surface area contributed by atoms with Crippen molar-refractivity contribution in [2.24, 2.45) is 5.41 Å². The average Bonchev–Trinajstić information content (AvgIpc) is 3.03. The summed E-state index contributed by atoms with van der Waals surface area (Å²) in [5.41, 5.74) is 2.54. The number of aliphatic carboxylic acids is 1. The van der Waals surface area contributed by atoms with Gasteiger partial charge in [0, 0.05) is 26.5 Å². The summed E-state index contributed by atoms with van der Waals surface area (Å²) in [6.07, 6.45) is 10.5. The number of carbonyl (C=O) groups excluding carboxylic acids is 1. The minimum Gasteiger partial charge on any atom is -0.481 e. The smallest absolute Gasteiger partial charge is 0.303 e. The highest BCUT2D eigenvalue weighted by Gasteiger charge is 2.30. The average molecular weight is 416 g/mol. The number of carboxylic acid groups (broad SMARTS) is 1. The fraction of sp³-hybridized carbons (Fsp3) is 0.600. The molecule has 1 aliphatic heterocycles. The van der Waals surface area contributed by atoms with Gasteiger partial charge in [0.25, 0.3) is 0 Å². The summed E-state index contributed by atoms with van der Waals surface area (Å²) in [7, 11) is 1.71. The standard InChI is InChI=1S/C25H37NO4/c1-25(2,15-7-12-24(28)29)16-17-26-22(13-14-23(26)27)11-5-4-8-20-9-6-10-21(18-20)19-30-3/h5-6,9-11,18,22H,4,7-8,12-17,19H2,1-3H3,(H,28,29)/b11-5+/t22-/m0/s1. The molecule has 0 spiro atoms. The predicted molar refractivity (Wildman–Crippen MR) is 119 cm³/mol. The zero-order valence-electron chi connectivity index (χ0n) is 18.7. The molecule has 0 saturated carbocycles. The number of aryl methyl sites for hydroxylation is 1. The van der Waals surface area contributed by atoms with Crippen molar-refractivity contribution < 1.29 is 19.4 Å². The van der Waals surface area contributed by atoms with Crippen molar-refractivity contribution in [1.29, 1.82) is 0 Å². The molecule has 0 radical (unpaired) electrons. The van der Waals surface area contributed by atoms with Gasteiger partial charge >= 0.3 is 5.97 Å². The number of benzene rings is 1. The fourth-order valence-electron chi connectivity index (χ4n) is 4.06. The van der Waals surface area contributed by atoms with Crippen molar-refractivity contribution in [3.05, 3.63) is 47.5 Å². The van der Waals surface area contributed by atoms with E-state index in [0.29, 0.717) is 19.4 Å². The summed E-state index contributed by atoms with van der Waals surface area (Å²) in [4.78, 5) is 25.1. The summed E-state index contributed by atoms with van der Waals surface area (Å²) in [5, 5.41) is 8.83. The second-order valence-electron chi connectivity index (χ2n) is 9.07. The minimum absolute atomic E-state index is 0.0415. The molecule has 1 amide bonds. The molecule has 1 aliphatic rings. The van der Waals surface area contributed by atoms with Crippen LogP contribution in [0, 0.1) is 5.41 Å². The van der Waals surface area contributed by atoms with E-state index in [1.807, 2.05) is 4.90 Å². The molecule has 1 aromatic rings. The molecule has 1 N–H and O–H groups in total. The number of amides is 1. The molecule has 5 nitrogen and oxygen atoms in total. The Bertz CT molecular complexity index is 726. The first-order chi connectivity index (χ1) is 14.3. The first-order valence-electron chi connectivity index (χ1n) is 11.1. The van der Waals surface area contributed by atoms with Crippen LogP contribution in [0.3, 0.4) is 0 Å².